The zero-order valence-corrected chi connectivity index (χ0v) is 18.4. The lowest BCUT2D eigenvalue weighted by molar-refractivity contribution is -0.198. The number of benzene rings is 1. The molecule has 0 radical (unpaired) electrons. The van der Waals surface area contributed by atoms with Crippen LogP contribution >= 0.6 is 0 Å². The van der Waals surface area contributed by atoms with Gasteiger partial charge in [0.25, 0.3) is 0 Å². The summed E-state index contributed by atoms with van der Waals surface area (Å²) in [5.74, 6) is 3.14. The van der Waals surface area contributed by atoms with Gasteiger partial charge in [0.2, 0.25) is 0 Å². The lowest BCUT2D eigenvalue weighted by atomic mass is 9.36. The van der Waals surface area contributed by atoms with Crippen LogP contribution in [0.4, 0.5) is 0 Å². The van der Waals surface area contributed by atoms with E-state index in [1.165, 1.54) is 12.8 Å². The molecular weight excluding hydrogens is 368 g/mol. The van der Waals surface area contributed by atoms with Crippen LogP contribution in [0.3, 0.4) is 0 Å². The molecule has 0 aromatic heterocycles. The minimum atomic E-state index is -0.132. The largest absolute Gasteiger partial charge is 0.294 e. The van der Waals surface area contributed by atoms with E-state index in [-0.39, 0.29) is 21.7 Å². The monoisotopic (exact) mass is 398 g/mol. The maximum absolute atomic E-state index is 13.2. The van der Waals surface area contributed by atoms with E-state index in [1.54, 1.807) is 0 Å². The first kappa shape index (κ1) is 17.7. The Hall–Kier alpha value is -1.96. The highest BCUT2D eigenvalue weighted by Gasteiger charge is 2.79. The molecular formula is C28H30O2. The van der Waals surface area contributed by atoms with E-state index in [9.17, 15) is 9.59 Å². The summed E-state index contributed by atoms with van der Waals surface area (Å²) in [6.07, 6.45) is 8.82. The SMILES string of the molecule is CC12CC3CC(/C(=C\c4cccc(/C=C5/C(=O)C6(C)CC7CC5C76C)c4)C1=O)C32C. The van der Waals surface area contributed by atoms with Gasteiger partial charge in [-0.15, -0.1) is 0 Å². The number of allylic oxidation sites excluding steroid dienone is 2. The predicted molar refractivity (Wildman–Crippen MR) is 117 cm³/mol. The Morgan fingerprint density at radius 1 is 0.767 bits per heavy atom. The lowest BCUT2D eigenvalue weighted by Crippen LogP contribution is -2.63. The molecule has 0 saturated heterocycles. The highest BCUT2D eigenvalue weighted by molar-refractivity contribution is 6.10. The van der Waals surface area contributed by atoms with Gasteiger partial charge in [-0.1, -0.05) is 45.9 Å². The Morgan fingerprint density at radius 3 is 1.57 bits per heavy atom. The summed E-state index contributed by atoms with van der Waals surface area (Å²) in [6.45, 7) is 9.05. The Labute approximate surface area is 178 Å². The van der Waals surface area contributed by atoms with Gasteiger partial charge in [0.1, 0.15) is 0 Å². The van der Waals surface area contributed by atoms with E-state index in [4.69, 9.17) is 0 Å². The molecule has 6 fully saturated rings. The van der Waals surface area contributed by atoms with Crippen LogP contribution in [0.25, 0.3) is 12.2 Å². The molecule has 2 nitrogen and oxygen atoms in total. The molecule has 0 heterocycles. The van der Waals surface area contributed by atoms with Crippen LogP contribution < -0.4 is 0 Å². The van der Waals surface area contributed by atoms with Gasteiger partial charge in [-0.2, -0.15) is 0 Å². The maximum atomic E-state index is 13.2. The molecule has 0 amide bonds. The standard InChI is InChI=1S/C28H30O2/c1-25-13-17-11-21(27(17,25)3)19(23(25)29)9-15-6-5-7-16(8-15)10-20-22-12-18-14-26(2,24(20)30)28(18,22)4/h5-10,17-18,21-22H,11-14H2,1-4H3/b19-9+,20-10+. The lowest BCUT2D eigenvalue weighted by Gasteiger charge is -2.67. The smallest absolute Gasteiger partial charge is 0.165 e. The summed E-state index contributed by atoms with van der Waals surface area (Å²) in [6, 6.07) is 8.44. The van der Waals surface area contributed by atoms with Crippen molar-refractivity contribution in [1.29, 1.82) is 0 Å². The third-order valence-corrected chi connectivity index (χ3v) is 11.7. The van der Waals surface area contributed by atoms with E-state index in [0.717, 1.165) is 47.0 Å². The molecule has 8 unspecified atom stereocenters. The van der Waals surface area contributed by atoms with E-state index in [0.29, 0.717) is 23.4 Å². The summed E-state index contributed by atoms with van der Waals surface area (Å²) >= 11 is 0. The number of rotatable bonds is 2. The van der Waals surface area contributed by atoms with Crippen molar-refractivity contribution in [3.8, 4) is 0 Å². The number of carbonyl (C=O) groups is 2. The summed E-state index contributed by atoms with van der Waals surface area (Å²) in [7, 11) is 0. The zero-order valence-electron chi connectivity index (χ0n) is 18.4. The van der Waals surface area contributed by atoms with Crippen LogP contribution in [-0.4, -0.2) is 11.6 Å². The molecule has 0 spiro atoms. The third kappa shape index (κ3) is 1.51. The van der Waals surface area contributed by atoms with E-state index in [2.05, 4.69) is 64.1 Å². The molecule has 1 aromatic carbocycles. The molecule has 2 heteroatoms. The van der Waals surface area contributed by atoms with Gasteiger partial charge < -0.3 is 0 Å². The Morgan fingerprint density at radius 2 is 1.20 bits per heavy atom. The summed E-state index contributed by atoms with van der Waals surface area (Å²) in [4.78, 5) is 26.4. The minimum absolute atomic E-state index is 0.132. The number of hydrogen-bond acceptors (Lipinski definition) is 2. The zero-order chi connectivity index (χ0) is 20.8. The first-order valence-corrected chi connectivity index (χ1v) is 11.8. The second-order valence-electron chi connectivity index (χ2n) is 12.1. The van der Waals surface area contributed by atoms with Crippen molar-refractivity contribution in [2.75, 3.05) is 0 Å². The van der Waals surface area contributed by atoms with E-state index < -0.39 is 0 Å². The average molecular weight is 399 g/mol. The second-order valence-corrected chi connectivity index (χ2v) is 12.1. The fourth-order valence-electron chi connectivity index (χ4n) is 9.18. The highest BCUT2D eigenvalue weighted by atomic mass is 16.1. The van der Waals surface area contributed by atoms with Crippen molar-refractivity contribution >= 4 is 23.7 Å². The molecule has 30 heavy (non-hydrogen) atoms. The van der Waals surface area contributed by atoms with Crippen molar-refractivity contribution in [2.45, 2.75) is 53.4 Å². The van der Waals surface area contributed by atoms with E-state index >= 15 is 0 Å². The quantitative estimate of drug-likeness (QED) is 0.597. The van der Waals surface area contributed by atoms with Crippen LogP contribution in [0, 0.1) is 45.3 Å². The summed E-state index contributed by atoms with van der Waals surface area (Å²) in [5.41, 5.74) is 4.45. The fourth-order valence-corrected chi connectivity index (χ4v) is 9.18. The topological polar surface area (TPSA) is 34.1 Å². The van der Waals surface area contributed by atoms with Gasteiger partial charge in [-0.3, -0.25) is 9.59 Å². The van der Waals surface area contributed by atoms with Gasteiger partial charge in [-0.05, 0) is 101 Å². The van der Waals surface area contributed by atoms with Gasteiger partial charge in [-0.25, -0.2) is 0 Å². The van der Waals surface area contributed by atoms with Crippen LogP contribution in [0.5, 0.6) is 0 Å². The van der Waals surface area contributed by atoms with Crippen molar-refractivity contribution in [3.63, 3.8) is 0 Å². The Kier molecular flexibility index (Phi) is 2.81. The molecule has 0 aliphatic heterocycles. The average Bonchev–Trinajstić information content (AvgIpc) is 2.89. The van der Waals surface area contributed by atoms with Crippen LogP contribution in [0.15, 0.2) is 35.4 Å². The van der Waals surface area contributed by atoms with Crippen LogP contribution in [-0.2, 0) is 9.59 Å². The van der Waals surface area contributed by atoms with Gasteiger partial charge in [0.15, 0.2) is 11.6 Å². The Bertz CT molecular complexity index is 1050. The molecule has 1 aromatic rings. The normalized spacial score (nSPS) is 54.3. The number of Topliss-reactive ketones (excluding diaryl/α,β-unsaturated/α-hetero) is 2. The van der Waals surface area contributed by atoms with Crippen LogP contribution in [0.2, 0.25) is 0 Å². The highest BCUT2D eigenvalue weighted by Crippen LogP contribution is 2.81. The summed E-state index contributed by atoms with van der Waals surface area (Å²) in [5, 5.41) is 0. The summed E-state index contributed by atoms with van der Waals surface area (Å²) < 4.78 is 0. The second kappa shape index (κ2) is 4.76. The first-order chi connectivity index (χ1) is 14.1. The van der Waals surface area contributed by atoms with Crippen LogP contribution in [0.1, 0.15) is 64.5 Å². The Balaban J connectivity index is 1.25. The fraction of sp³-hybridized carbons (Fsp3) is 0.571. The van der Waals surface area contributed by atoms with Gasteiger partial charge >= 0.3 is 0 Å². The number of hydrogen-bond donors (Lipinski definition) is 0. The van der Waals surface area contributed by atoms with Crippen molar-refractivity contribution in [2.24, 2.45) is 45.3 Å². The molecule has 0 N–H and O–H groups in total. The van der Waals surface area contributed by atoms with Crippen molar-refractivity contribution in [1.82, 2.24) is 0 Å². The molecule has 6 aliphatic rings. The number of ketones is 2. The van der Waals surface area contributed by atoms with Crippen molar-refractivity contribution < 1.29 is 9.59 Å². The molecule has 6 aliphatic carbocycles. The molecule has 0 bridgehead atoms. The van der Waals surface area contributed by atoms with E-state index in [1.807, 2.05) is 0 Å². The molecule has 7 rings (SSSR count). The first-order valence-electron chi connectivity index (χ1n) is 11.8. The molecule has 6 saturated carbocycles. The van der Waals surface area contributed by atoms with Gasteiger partial charge in [0.05, 0.1) is 0 Å². The molecule has 154 valence electrons. The predicted octanol–water partition coefficient (Wildman–Crippen LogP) is 5.72. The maximum Gasteiger partial charge on any atom is 0.165 e. The molecule has 8 atom stereocenters. The minimum Gasteiger partial charge on any atom is -0.294 e. The van der Waals surface area contributed by atoms with Crippen molar-refractivity contribution in [3.05, 3.63) is 46.5 Å². The number of carbonyl (C=O) groups excluding carboxylic acids is 2. The third-order valence-electron chi connectivity index (χ3n) is 11.7. The van der Waals surface area contributed by atoms with Gasteiger partial charge in [0, 0.05) is 10.8 Å².